The zero-order valence-corrected chi connectivity index (χ0v) is 37.5. The second kappa shape index (κ2) is 21.9. The summed E-state index contributed by atoms with van der Waals surface area (Å²) >= 11 is 2.25. The molecule has 2 aliphatic heterocycles. The number of halogens is 4. The minimum Gasteiger partial charge on any atom is -0.494 e. The molecule has 14 nitrogen and oxygen atoms in total. The van der Waals surface area contributed by atoms with Gasteiger partial charge < -0.3 is 54.0 Å². The molecule has 2 saturated heterocycles. The second-order valence-corrected chi connectivity index (χ2v) is 17.3. The van der Waals surface area contributed by atoms with Gasteiger partial charge in [0.15, 0.2) is 6.10 Å². The molecular formula is C45H54F3IN4O10. The van der Waals surface area contributed by atoms with Crippen LogP contribution in [0.15, 0.2) is 84.9 Å². The first-order valence-electron chi connectivity index (χ1n) is 20.8. The van der Waals surface area contributed by atoms with Crippen LogP contribution < -0.4 is 29.2 Å². The molecule has 0 unspecified atom stereocenters. The fourth-order valence-electron chi connectivity index (χ4n) is 6.92. The number of rotatable bonds is 17. The number of amides is 1. The summed E-state index contributed by atoms with van der Waals surface area (Å²) in [6.45, 7) is 10.3. The number of unbranched alkanes of at least 4 members (excludes halogenated alkanes) is 1. The number of carbonyl (C=O) groups excluding carboxylic acids is 1. The molecule has 0 aliphatic carbocycles. The number of ether oxygens (including phenoxy) is 6. The Kier molecular flexibility index (Phi) is 16.6. The summed E-state index contributed by atoms with van der Waals surface area (Å²) in [4.78, 5) is 20.1. The number of carbonyl (C=O) groups is 1. The molecule has 0 bridgehead atoms. The molecular weight excluding hydrogens is 940 g/mol. The largest absolute Gasteiger partial charge is 0.494 e. The van der Waals surface area contributed by atoms with Gasteiger partial charge in [0.2, 0.25) is 12.2 Å². The molecule has 0 saturated carbocycles. The first-order valence-corrected chi connectivity index (χ1v) is 21.9. The highest BCUT2D eigenvalue weighted by Gasteiger charge is 2.47. The lowest BCUT2D eigenvalue weighted by Gasteiger charge is -2.41. The van der Waals surface area contributed by atoms with Crippen LogP contribution in [0.5, 0.6) is 28.9 Å². The molecule has 4 N–H and O–H groups in total. The van der Waals surface area contributed by atoms with E-state index in [1.165, 1.54) is 6.07 Å². The van der Waals surface area contributed by atoms with Crippen LogP contribution in [0, 0.1) is 3.57 Å². The minimum atomic E-state index is -4.72. The van der Waals surface area contributed by atoms with E-state index in [-0.39, 0.29) is 0 Å². The summed E-state index contributed by atoms with van der Waals surface area (Å²) in [5.74, 6) is 2.09. The van der Waals surface area contributed by atoms with E-state index >= 15 is 0 Å². The Bertz CT molecular complexity index is 2070. The van der Waals surface area contributed by atoms with Crippen molar-refractivity contribution in [3.05, 3.63) is 99.8 Å². The lowest BCUT2D eigenvalue weighted by atomic mass is 9.99. The lowest BCUT2D eigenvalue weighted by molar-refractivity contribution is -0.272. The molecule has 4 aromatic rings. The van der Waals surface area contributed by atoms with Crippen molar-refractivity contribution in [3.8, 4) is 28.9 Å². The molecule has 342 valence electrons. The first-order chi connectivity index (χ1) is 30.0. The number of aliphatic hydroxyl groups is 3. The van der Waals surface area contributed by atoms with Crippen molar-refractivity contribution in [1.29, 1.82) is 0 Å². The highest BCUT2D eigenvalue weighted by molar-refractivity contribution is 14.1. The van der Waals surface area contributed by atoms with Gasteiger partial charge >= 0.3 is 12.3 Å². The van der Waals surface area contributed by atoms with Gasteiger partial charge in [0.05, 0.1) is 16.8 Å². The van der Waals surface area contributed by atoms with Crippen LogP contribution in [-0.4, -0.2) is 120 Å². The van der Waals surface area contributed by atoms with Crippen molar-refractivity contribution >= 4 is 34.4 Å². The number of alkyl halides is 3. The summed E-state index contributed by atoms with van der Waals surface area (Å²) < 4.78 is 75.4. The summed E-state index contributed by atoms with van der Waals surface area (Å²) in [5.41, 5.74) is 0.318. The van der Waals surface area contributed by atoms with Gasteiger partial charge in [-0.25, -0.2) is 9.78 Å². The van der Waals surface area contributed by atoms with Crippen LogP contribution in [-0.2, 0) is 22.1 Å². The van der Waals surface area contributed by atoms with E-state index in [1.54, 1.807) is 12.1 Å². The molecule has 63 heavy (non-hydrogen) atoms. The number of alkyl carbamates (subject to hydrolysis) is 1. The van der Waals surface area contributed by atoms with Gasteiger partial charge in [-0.1, -0.05) is 12.1 Å². The molecule has 3 aromatic carbocycles. The molecule has 2 fully saturated rings. The fraction of sp³-hybridized carbons (Fsp3) is 0.467. The quantitative estimate of drug-likeness (QED) is 0.0645. The maximum absolute atomic E-state index is 13.3. The topological polar surface area (TPSA) is 165 Å². The van der Waals surface area contributed by atoms with Crippen molar-refractivity contribution in [1.82, 2.24) is 15.2 Å². The third-order valence-corrected chi connectivity index (χ3v) is 11.0. The highest BCUT2D eigenvalue weighted by atomic mass is 127. The van der Waals surface area contributed by atoms with Gasteiger partial charge in [-0.05, 0) is 141 Å². The van der Waals surface area contributed by atoms with Crippen molar-refractivity contribution < 1.29 is 61.7 Å². The van der Waals surface area contributed by atoms with Crippen LogP contribution in [0.3, 0.4) is 0 Å². The number of hydrogen-bond acceptors (Lipinski definition) is 13. The van der Waals surface area contributed by atoms with Crippen molar-refractivity contribution in [2.24, 2.45) is 0 Å². The summed E-state index contributed by atoms with van der Waals surface area (Å²) in [5, 5.41) is 33.8. The average Bonchev–Trinajstić information content (AvgIpc) is 3.24. The predicted octanol–water partition coefficient (Wildman–Crippen LogP) is 6.81. The van der Waals surface area contributed by atoms with E-state index in [0.717, 1.165) is 84.0 Å². The van der Waals surface area contributed by atoms with Gasteiger partial charge in [-0.2, -0.15) is 13.2 Å². The predicted molar refractivity (Wildman–Crippen MR) is 235 cm³/mol. The van der Waals surface area contributed by atoms with Crippen LogP contribution in [0.1, 0.15) is 44.9 Å². The fourth-order valence-corrected chi connectivity index (χ4v) is 7.61. The number of aliphatic hydroxyl groups excluding tert-OH is 3. The number of aromatic nitrogens is 1. The highest BCUT2D eigenvalue weighted by Crippen LogP contribution is 2.33. The Morgan fingerprint density at radius 1 is 0.889 bits per heavy atom. The van der Waals surface area contributed by atoms with E-state index < -0.39 is 66.8 Å². The number of benzene rings is 3. The van der Waals surface area contributed by atoms with E-state index in [1.807, 2.05) is 75.4 Å². The molecule has 0 spiro atoms. The van der Waals surface area contributed by atoms with Crippen molar-refractivity contribution in [2.75, 3.05) is 57.4 Å². The number of pyridine rings is 1. The minimum absolute atomic E-state index is 0.320. The zero-order valence-electron chi connectivity index (χ0n) is 35.3. The molecule has 6 rings (SSSR count). The summed E-state index contributed by atoms with van der Waals surface area (Å²) in [6, 6.07) is 23.8. The number of anilines is 1. The van der Waals surface area contributed by atoms with Crippen LogP contribution in [0.25, 0.3) is 0 Å². The molecule has 2 aliphatic rings. The average molecular weight is 995 g/mol. The Morgan fingerprint density at radius 2 is 1.59 bits per heavy atom. The normalized spacial score (nSPS) is 20.8. The second-order valence-electron chi connectivity index (χ2n) is 16.2. The maximum Gasteiger partial charge on any atom is 0.433 e. The van der Waals surface area contributed by atoms with Crippen LogP contribution in [0.2, 0.25) is 0 Å². The van der Waals surface area contributed by atoms with Gasteiger partial charge in [-0.15, -0.1) is 0 Å². The summed E-state index contributed by atoms with van der Waals surface area (Å²) in [6.07, 6.45) is -9.95. The van der Waals surface area contributed by atoms with E-state index in [9.17, 15) is 33.3 Å². The molecule has 3 heterocycles. The van der Waals surface area contributed by atoms with Gasteiger partial charge in [-0.3, -0.25) is 4.90 Å². The molecule has 1 amide bonds. The lowest BCUT2D eigenvalue weighted by Crippen LogP contribution is -2.62. The molecule has 18 heteroatoms. The Balaban J connectivity index is 0.889. The Labute approximate surface area is 378 Å². The van der Waals surface area contributed by atoms with Gasteiger partial charge in [0, 0.05) is 44.5 Å². The standard InChI is InChI=1S/C45H54F3IN4O10/c1-44(2,3)63-43(57)50-20-19-29-9-18-35(34(49)27-29)59-32-16-14-31(15-17-32)58-26-5-4-21-52-22-24-53(25-23-52)30-10-12-33(13-11-30)60-42-41(40(56)39(55)36(28-54)61-42)62-38-8-6-7-37(51-38)45(46,47)48/h6-18,27,36,39-42,54-56H,4-5,19-26,28H2,1-3H3,(H,50,57)/t36-,39+,40+,41-,42+/m1/s1. The van der Waals surface area contributed by atoms with Gasteiger partial charge in [0.1, 0.15) is 52.6 Å². The third-order valence-electron chi connectivity index (χ3n) is 10.2. The molecule has 5 atom stereocenters. The molecule has 1 aromatic heterocycles. The number of hydrogen-bond donors (Lipinski definition) is 4. The molecule has 0 radical (unpaired) electrons. The number of piperazine rings is 1. The zero-order chi connectivity index (χ0) is 45.1. The van der Waals surface area contributed by atoms with Crippen molar-refractivity contribution in [2.45, 2.75) is 82.5 Å². The van der Waals surface area contributed by atoms with Crippen LogP contribution in [0.4, 0.5) is 23.7 Å². The van der Waals surface area contributed by atoms with Gasteiger partial charge in [0.25, 0.3) is 0 Å². The van der Waals surface area contributed by atoms with Crippen LogP contribution >= 0.6 is 22.6 Å². The van der Waals surface area contributed by atoms with E-state index in [0.29, 0.717) is 31.1 Å². The first kappa shape index (κ1) is 47.9. The summed E-state index contributed by atoms with van der Waals surface area (Å²) in [7, 11) is 0. The third kappa shape index (κ3) is 14.2. The monoisotopic (exact) mass is 994 g/mol. The van der Waals surface area contributed by atoms with E-state index in [2.05, 4.69) is 42.7 Å². The van der Waals surface area contributed by atoms with E-state index in [4.69, 9.17) is 28.4 Å². The van der Waals surface area contributed by atoms with Crippen molar-refractivity contribution in [3.63, 3.8) is 0 Å². The number of nitrogens with zero attached hydrogens (tertiary/aromatic N) is 3. The smallest absolute Gasteiger partial charge is 0.433 e. The SMILES string of the molecule is CC(C)(C)OC(=O)NCCc1ccc(Oc2ccc(OCCCCN3CCN(c4ccc(O[C@H]5O[C@H](CO)[C@H](O)[C@H](O)[C@H]5Oc5cccc(C(F)(F)F)n5)cc4)CC3)cc2)c(I)c1. The Hall–Kier alpha value is -4.60. The number of nitrogens with one attached hydrogen (secondary N) is 1. The maximum atomic E-state index is 13.3. The Morgan fingerprint density at radius 3 is 2.25 bits per heavy atom.